The number of aliphatic hydroxyl groups is 1. The molecule has 0 bridgehead atoms. The second-order valence-corrected chi connectivity index (χ2v) is 3.78. The molecule has 0 radical (unpaired) electrons. The van der Waals surface area contributed by atoms with Crippen LogP contribution in [0.25, 0.3) is 0 Å². The van der Waals surface area contributed by atoms with Gasteiger partial charge in [-0.3, -0.25) is 10.2 Å². The third-order valence-corrected chi connectivity index (χ3v) is 2.40. The van der Waals surface area contributed by atoms with Crippen LogP contribution < -0.4 is 5.43 Å². The van der Waals surface area contributed by atoms with Gasteiger partial charge in [0.05, 0.1) is 6.26 Å². The molecule has 1 aromatic rings. The van der Waals surface area contributed by atoms with Crippen LogP contribution in [0.2, 0.25) is 0 Å². The van der Waals surface area contributed by atoms with Crippen molar-refractivity contribution in [2.24, 2.45) is 0 Å². The first-order chi connectivity index (χ1) is 8.25. The highest BCUT2D eigenvalue weighted by atomic mass is 19.4. The van der Waals surface area contributed by atoms with E-state index in [2.05, 4.69) is 5.43 Å². The van der Waals surface area contributed by atoms with Crippen LogP contribution in [0, 0.1) is 0 Å². The minimum absolute atomic E-state index is 0.00901. The van der Waals surface area contributed by atoms with Gasteiger partial charge < -0.3 is 9.52 Å². The first-order valence-corrected chi connectivity index (χ1v) is 4.89. The van der Waals surface area contributed by atoms with Crippen LogP contribution in [0.15, 0.2) is 34.6 Å². The molecule has 1 aromatic heterocycles. The van der Waals surface area contributed by atoms with Crippen LogP contribution in [-0.4, -0.2) is 27.9 Å². The van der Waals surface area contributed by atoms with E-state index < -0.39 is 17.8 Å². The SMILES string of the molecule is CC1=CC(O)(C(F)(F)F)N(C(=O)c2ccco2)N1. The zero-order valence-corrected chi connectivity index (χ0v) is 9.15. The number of amides is 1. The summed E-state index contributed by atoms with van der Waals surface area (Å²) < 4.78 is 43.2. The van der Waals surface area contributed by atoms with E-state index in [1.54, 1.807) is 0 Å². The highest BCUT2D eigenvalue weighted by molar-refractivity contribution is 5.92. The van der Waals surface area contributed by atoms with Gasteiger partial charge >= 0.3 is 12.1 Å². The number of rotatable bonds is 1. The van der Waals surface area contributed by atoms with Crippen LogP contribution in [0.3, 0.4) is 0 Å². The molecular weight excluding hydrogens is 253 g/mol. The van der Waals surface area contributed by atoms with E-state index in [0.29, 0.717) is 6.08 Å². The second kappa shape index (κ2) is 3.77. The van der Waals surface area contributed by atoms with E-state index in [0.717, 1.165) is 6.26 Å². The molecule has 1 unspecified atom stereocenters. The molecule has 1 aliphatic heterocycles. The molecule has 0 spiro atoms. The minimum atomic E-state index is -5.03. The van der Waals surface area contributed by atoms with Gasteiger partial charge in [-0.25, -0.2) is 5.01 Å². The molecule has 0 fully saturated rings. The Bertz CT molecular complexity index is 495. The average Bonchev–Trinajstić information content (AvgIpc) is 2.84. The first-order valence-electron chi connectivity index (χ1n) is 4.89. The van der Waals surface area contributed by atoms with Crippen molar-refractivity contribution in [3.8, 4) is 0 Å². The standard InChI is InChI=1S/C10H9F3N2O3/c1-6-5-9(17,10(11,12)13)15(14-6)8(16)7-3-2-4-18-7/h2-5,14,17H,1H3. The van der Waals surface area contributed by atoms with Gasteiger partial charge in [0.25, 0.3) is 5.72 Å². The Balaban J connectivity index is 2.37. The van der Waals surface area contributed by atoms with Crippen molar-refractivity contribution in [1.29, 1.82) is 0 Å². The van der Waals surface area contributed by atoms with Gasteiger partial charge in [0.15, 0.2) is 5.76 Å². The van der Waals surface area contributed by atoms with Crippen LogP contribution in [-0.2, 0) is 0 Å². The summed E-state index contributed by atoms with van der Waals surface area (Å²) in [4.78, 5) is 11.8. The molecular formula is C10H9F3N2O3. The summed E-state index contributed by atoms with van der Waals surface area (Å²) >= 11 is 0. The Morgan fingerprint density at radius 1 is 1.56 bits per heavy atom. The van der Waals surface area contributed by atoms with Crippen molar-refractivity contribution in [3.05, 3.63) is 35.9 Å². The van der Waals surface area contributed by atoms with Crippen molar-refractivity contribution < 1.29 is 27.5 Å². The molecule has 1 amide bonds. The third kappa shape index (κ3) is 1.74. The summed E-state index contributed by atoms with van der Waals surface area (Å²) in [5, 5.41) is 9.71. The molecule has 0 aliphatic carbocycles. The number of hydrogen-bond acceptors (Lipinski definition) is 4. The lowest BCUT2D eigenvalue weighted by molar-refractivity contribution is -0.283. The first kappa shape index (κ1) is 12.5. The molecule has 2 heterocycles. The predicted molar refractivity (Wildman–Crippen MR) is 52.8 cm³/mol. The largest absolute Gasteiger partial charge is 0.459 e. The monoisotopic (exact) mass is 262 g/mol. The number of alkyl halides is 3. The Morgan fingerprint density at radius 2 is 2.22 bits per heavy atom. The normalized spacial score (nSPS) is 23.8. The number of carbonyl (C=O) groups excluding carboxylic acids is 1. The van der Waals surface area contributed by atoms with Gasteiger partial charge in [0, 0.05) is 5.70 Å². The molecule has 1 atom stereocenters. The number of carbonyl (C=O) groups is 1. The number of halogens is 3. The van der Waals surface area contributed by atoms with E-state index in [4.69, 9.17) is 4.42 Å². The van der Waals surface area contributed by atoms with Crippen molar-refractivity contribution >= 4 is 5.91 Å². The molecule has 2 N–H and O–H groups in total. The third-order valence-electron chi connectivity index (χ3n) is 2.40. The van der Waals surface area contributed by atoms with Crippen molar-refractivity contribution in [2.75, 3.05) is 0 Å². The summed E-state index contributed by atoms with van der Waals surface area (Å²) in [6.07, 6.45) is -3.36. The van der Waals surface area contributed by atoms with Crippen LogP contribution in [0.5, 0.6) is 0 Å². The van der Waals surface area contributed by atoms with Crippen molar-refractivity contribution in [2.45, 2.75) is 18.8 Å². The molecule has 18 heavy (non-hydrogen) atoms. The molecule has 0 aromatic carbocycles. The lowest BCUT2D eigenvalue weighted by atomic mass is 10.2. The number of hydrazine groups is 1. The number of nitrogens with zero attached hydrogens (tertiary/aromatic N) is 1. The zero-order chi connectivity index (χ0) is 13.6. The highest BCUT2D eigenvalue weighted by Crippen LogP contribution is 2.38. The number of nitrogens with one attached hydrogen (secondary N) is 1. The Labute approximate surface area is 99.5 Å². The van der Waals surface area contributed by atoms with Gasteiger partial charge in [-0.15, -0.1) is 0 Å². The van der Waals surface area contributed by atoms with E-state index in [1.807, 2.05) is 0 Å². The van der Waals surface area contributed by atoms with Gasteiger partial charge in [-0.05, 0) is 25.1 Å². The maximum atomic E-state index is 12.8. The molecule has 1 aliphatic rings. The smallest absolute Gasteiger partial charge is 0.442 e. The molecule has 98 valence electrons. The second-order valence-electron chi connectivity index (χ2n) is 3.78. The number of hydrogen-bond donors (Lipinski definition) is 2. The molecule has 8 heteroatoms. The van der Waals surface area contributed by atoms with Crippen LogP contribution in [0.4, 0.5) is 13.2 Å². The van der Waals surface area contributed by atoms with E-state index in [1.165, 1.54) is 19.1 Å². The van der Waals surface area contributed by atoms with Gasteiger partial charge in [-0.1, -0.05) is 0 Å². The Hall–Kier alpha value is -1.96. The summed E-state index contributed by atoms with van der Waals surface area (Å²) in [6.45, 7) is 1.30. The molecule has 5 nitrogen and oxygen atoms in total. The average molecular weight is 262 g/mol. The number of furan rings is 1. The lowest BCUT2D eigenvalue weighted by Crippen LogP contribution is -2.60. The fourth-order valence-corrected chi connectivity index (χ4v) is 1.58. The Morgan fingerprint density at radius 3 is 2.72 bits per heavy atom. The van der Waals surface area contributed by atoms with Gasteiger partial charge in [0.2, 0.25) is 0 Å². The highest BCUT2D eigenvalue weighted by Gasteiger charge is 2.61. The fraction of sp³-hybridized carbons (Fsp3) is 0.300. The van der Waals surface area contributed by atoms with E-state index in [9.17, 15) is 23.1 Å². The molecule has 2 rings (SSSR count). The molecule has 0 saturated heterocycles. The van der Waals surface area contributed by atoms with E-state index in [-0.39, 0.29) is 16.5 Å². The summed E-state index contributed by atoms with van der Waals surface area (Å²) in [6, 6.07) is 2.56. The molecule has 0 saturated carbocycles. The fourth-order valence-electron chi connectivity index (χ4n) is 1.58. The number of allylic oxidation sites excluding steroid dienone is 1. The quantitative estimate of drug-likeness (QED) is 0.802. The topological polar surface area (TPSA) is 65.7 Å². The Kier molecular flexibility index (Phi) is 2.62. The van der Waals surface area contributed by atoms with Crippen LogP contribution >= 0.6 is 0 Å². The van der Waals surface area contributed by atoms with Gasteiger partial charge in [0.1, 0.15) is 0 Å². The zero-order valence-electron chi connectivity index (χ0n) is 9.15. The van der Waals surface area contributed by atoms with Crippen LogP contribution in [0.1, 0.15) is 17.5 Å². The lowest BCUT2D eigenvalue weighted by Gasteiger charge is -2.33. The van der Waals surface area contributed by atoms with E-state index >= 15 is 0 Å². The summed E-state index contributed by atoms with van der Waals surface area (Å²) in [5.74, 6) is -1.43. The van der Waals surface area contributed by atoms with Crippen molar-refractivity contribution in [3.63, 3.8) is 0 Å². The van der Waals surface area contributed by atoms with Crippen molar-refractivity contribution in [1.82, 2.24) is 10.4 Å². The maximum Gasteiger partial charge on any atom is 0.442 e. The minimum Gasteiger partial charge on any atom is -0.459 e. The predicted octanol–water partition coefficient (Wildman–Crippen LogP) is 1.39. The van der Waals surface area contributed by atoms with Gasteiger partial charge in [-0.2, -0.15) is 13.2 Å². The summed E-state index contributed by atoms with van der Waals surface area (Å²) in [7, 11) is 0. The summed E-state index contributed by atoms with van der Waals surface area (Å²) in [5.41, 5.74) is -1.23. The maximum absolute atomic E-state index is 12.8.